The number of hydrogen-bond acceptors (Lipinski definition) is 2. The largest absolute Gasteiger partial charge is 0.416 e. The molecule has 1 aromatic carbocycles. The minimum Gasteiger partial charge on any atom is -0.382 e. The number of aryl methyl sites for hydroxylation is 1. The van der Waals surface area contributed by atoms with Gasteiger partial charge in [-0.25, -0.2) is 4.79 Å². The van der Waals surface area contributed by atoms with E-state index in [-0.39, 0.29) is 0 Å². The predicted octanol–water partition coefficient (Wildman–Crippen LogP) is 2.14. The van der Waals surface area contributed by atoms with Gasteiger partial charge in [0.05, 0.1) is 17.6 Å². The zero-order valence-electron chi connectivity index (χ0n) is 10.9. The lowest BCUT2D eigenvalue weighted by Crippen LogP contribution is -2.36. The van der Waals surface area contributed by atoms with Crippen molar-refractivity contribution in [3.63, 3.8) is 0 Å². The molecule has 0 fully saturated rings. The fraction of sp³-hybridized carbons (Fsp3) is 0.462. The van der Waals surface area contributed by atoms with Crippen molar-refractivity contribution in [2.24, 2.45) is 0 Å². The van der Waals surface area contributed by atoms with E-state index in [1.54, 1.807) is 24.3 Å². The molecule has 0 aliphatic carbocycles. The Balaban J connectivity index is 2.53. The van der Waals surface area contributed by atoms with Crippen LogP contribution in [0.25, 0.3) is 11.0 Å². The van der Waals surface area contributed by atoms with Crippen molar-refractivity contribution in [2.75, 3.05) is 0 Å². The van der Waals surface area contributed by atoms with Crippen molar-refractivity contribution in [2.45, 2.75) is 38.7 Å². The van der Waals surface area contributed by atoms with Crippen LogP contribution in [-0.2, 0) is 13.1 Å². The van der Waals surface area contributed by atoms with Gasteiger partial charge < -0.3 is 5.11 Å². The Kier molecular flexibility index (Phi) is 3.89. The van der Waals surface area contributed by atoms with Crippen molar-refractivity contribution in [3.05, 3.63) is 34.7 Å². The molecule has 0 spiro atoms. The molecule has 0 unspecified atom stereocenters. The van der Waals surface area contributed by atoms with Crippen molar-refractivity contribution in [1.82, 2.24) is 9.13 Å². The topological polar surface area (TPSA) is 47.2 Å². The maximum absolute atomic E-state index is 12.4. The second-order valence-electron chi connectivity index (χ2n) is 4.59. The number of rotatable bonds is 4. The number of imidazole rings is 1. The molecule has 1 atom stereocenters. The molecule has 0 radical (unpaired) electrons. The van der Waals surface area contributed by atoms with Crippen molar-refractivity contribution in [1.29, 1.82) is 0 Å². The minimum atomic E-state index is -4.74. The number of aromatic nitrogens is 2. The van der Waals surface area contributed by atoms with Gasteiger partial charge >= 0.3 is 11.9 Å². The van der Waals surface area contributed by atoms with Gasteiger partial charge in [0.15, 0.2) is 6.10 Å². The third-order valence-electron chi connectivity index (χ3n) is 3.11. The van der Waals surface area contributed by atoms with Gasteiger partial charge in [0, 0.05) is 6.54 Å². The van der Waals surface area contributed by atoms with E-state index in [0.717, 1.165) is 4.57 Å². The molecular weight excluding hydrogens is 273 g/mol. The number of hydrogen-bond donors (Lipinski definition) is 1. The van der Waals surface area contributed by atoms with Crippen molar-refractivity contribution in [3.8, 4) is 0 Å². The maximum Gasteiger partial charge on any atom is 0.416 e. The highest BCUT2D eigenvalue weighted by molar-refractivity contribution is 5.75. The number of aliphatic hydroxyl groups is 1. The molecular formula is C13H15F3N2O2. The Labute approximate surface area is 113 Å². The van der Waals surface area contributed by atoms with Crippen LogP contribution >= 0.6 is 0 Å². The molecule has 0 bridgehead atoms. The first kappa shape index (κ1) is 14.6. The molecule has 20 heavy (non-hydrogen) atoms. The molecule has 1 heterocycles. The van der Waals surface area contributed by atoms with E-state index in [1.807, 2.05) is 6.92 Å². The Morgan fingerprint density at radius 2 is 1.75 bits per heavy atom. The SMILES string of the molecule is CCCn1c(=O)n(C[C@@H](O)C(F)(F)F)c2ccccc21. The van der Waals surface area contributed by atoms with Crippen molar-refractivity contribution >= 4 is 11.0 Å². The molecule has 0 aliphatic heterocycles. The van der Waals surface area contributed by atoms with E-state index >= 15 is 0 Å². The molecule has 2 rings (SSSR count). The van der Waals surface area contributed by atoms with Crippen LogP contribution < -0.4 is 5.69 Å². The Bertz CT molecular complexity index is 658. The average Bonchev–Trinajstić information content (AvgIpc) is 2.64. The van der Waals surface area contributed by atoms with Crippen LogP contribution in [0, 0.1) is 0 Å². The maximum atomic E-state index is 12.4. The molecule has 1 aromatic heterocycles. The smallest absolute Gasteiger partial charge is 0.382 e. The predicted molar refractivity (Wildman–Crippen MR) is 68.6 cm³/mol. The number of aliphatic hydroxyl groups excluding tert-OH is 1. The summed E-state index contributed by atoms with van der Waals surface area (Å²) in [5, 5.41) is 9.17. The third-order valence-corrected chi connectivity index (χ3v) is 3.11. The number of halogens is 3. The first-order chi connectivity index (χ1) is 9.36. The second-order valence-corrected chi connectivity index (χ2v) is 4.59. The molecule has 0 amide bonds. The van der Waals surface area contributed by atoms with Gasteiger partial charge in [0.1, 0.15) is 0 Å². The van der Waals surface area contributed by atoms with Gasteiger partial charge in [-0.2, -0.15) is 13.2 Å². The molecule has 4 nitrogen and oxygen atoms in total. The molecule has 110 valence electrons. The fourth-order valence-electron chi connectivity index (χ4n) is 2.17. The molecule has 0 aliphatic rings. The van der Waals surface area contributed by atoms with Gasteiger partial charge in [0.25, 0.3) is 0 Å². The lowest BCUT2D eigenvalue weighted by Gasteiger charge is -2.14. The summed E-state index contributed by atoms with van der Waals surface area (Å²) in [5.41, 5.74) is 0.444. The van der Waals surface area contributed by atoms with Crippen molar-refractivity contribution < 1.29 is 18.3 Å². The number of benzene rings is 1. The molecule has 0 saturated carbocycles. The summed E-state index contributed by atoms with van der Waals surface area (Å²) >= 11 is 0. The monoisotopic (exact) mass is 288 g/mol. The van der Waals surface area contributed by atoms with E-state index in [0.29, 0.717) is 24.0 Å². The number of alkyl halides is 3. The van der Waals surface area contributed by atoms with Gasteiger partial charge in [-0.3, -0.25) is 9.13 Å². The highest BCUT2D eigenvalue weighted by atomic mass is 19.4. The minimum absolute atomic E-state index is 0.397. The van der Waals surface area contributed by atoms with Gasteiger partial charge in [-0.15, -0.1) is 0 Å². The lowest BCUT2D eigenvalue weighted by atomic mass is 10.3. The summed E-state index contributed by atoms with van der Waals surface area (Å²) in [7, 11) is 0. The highest BCUT2D eigenvalue weighted by Crippen LogP contribution is 2.22. The van der Waals surface area contributed by atoms with Crippen LogP contribution in [0.15, 0.2) is 29.1 Å². The first-order valence-electron chi connectivity index (χ1n) is 6.29. The summed E-state index contributed by atoms with van der Waals surface area (Å²) in [5.74, 6) is 0. The third kappa shape index (κ3) is 2.58. The van der Waals surface area contributed by atoms with Crippen LogP contribution in [0.2, 0.25) is 0 Å². The van der Waals surface area contributed by atoms with Crippen LogP contribution in [-0.4, -0.2) is 26.5 Å². The summed E-state index contributed by atoms with van der Waals surface area (Å²) < 4.78 is 39.8. The standard InChI is InChI=1S/C13H15F3N2O2/c1-2-7-17-9-5-3-4-6-10(9)18(12(17)20)8-11(19)13(14,15)16/h3-6,11,19H,2,7-8H2,1H3/t11-/m1/s1. The van der Waals surface area contributed by atoms with E-state index in [2.05, 4.69) is 0 Å². The Morgan fingerprint density at radius 3 is 2.25 bits per heavy atom. The summed E-state index contributed by atoms with van der Waals surface area (Å²) in [4.78, 5) is 12.2. The summed E-state index contributed by atoms with van der Waals surface area (Å²) in [6.07, 6.45) is -6.61. The summed E-state index contributed by atoms with van der Waals surface area (Å²) in [6.45, 7) is 1.51. The van der Waals surface area contributed by atoms with Crippen LogP contribution in [0.3, 0.4) is 0 Å². The Hall–Kier alpha value is -1.76. The number of para-hydroxylation sites is 2. The van der Waals surface area contributed by atoms with Gasteiger partial charge in [-0.1, -0.05) is 19.1 Å². The van der Waals surface area contributed by atoms with E-state index in [9.17, 15) is 18.0 Å². The average molecular weight is 288 g/mol. The Morgan fingerprint density at radius 1 is 1.20 bits per heavy atom. The molecule has 1 N–H and O–H groups in total. The van der Waals surface area contributed by atoms with Crippen LogP contribution in [0.5, 0.6) is 0 Å². The lowest BCUT2D eigenvalue weighted by molar-refractivity contribution is -0.207. The van der Waals surface area contributed by atoms with E-state index in [4.69, 9.17) is 5.11 Å². The molecule has 7 heteroatoms. The van der Waals surface area contributed by atoms with E-state index < -0.39 is 24.5 Å². The summed E-state index contributed by atoms with van der Waals surface area (Å²) in [6, 6.07) is 6.63. The number of nitrogens with zero attached hydrogens (tertiary/aromatic N) is 2. The van der Waals surface area contributed by atoms with Crippen LogP contribution in [0.4, 0.5) is 13.2 Å². The molecule has 0 saturated heterocycles. The highest BCUT2D eigenvalue weighted by Gasteiger charge is 2.39. The van der Waals surface area contributed by atoms with Crippen LogP contribution in [0.1, 0.15) is 13.3 Å². The fourth-order valence-corrected chi connectivity index (χ4v) is 2.17. The zero-order chi connectivity index (χ0) is 14.9. The quantitative estimate of drug-likeness (QED) is 0.937. The molecule has 2 aromatic rings. The normalized spacial score (nSPS) is 13.8. The first-order valence-corrected chi connectivity index (χ1v) is 6.29. The second kappa shape index (κ2) is 5.32. The van der Waals surface area contributed by atoms with E-state index in [1.165, 1.54) is 4.57 Å². The van der Waals surface area contributed by atoms with Gasteiger partial charge in [-0.05, 0) is 18.6 Å². The zero-order valence-corrected chi connectivity index (χ0v) is 10.9. The van der Waals surface area contributed by atoms with Gasteiger partial charge in [0.2, 0.25) is 0 Å². The number of fused-ring (bicyclic) bond motifs is 1.